The minimum atomic E-state index is -0.389. The van der Waals surface area contributed by atoms with Crippen molar-refractivity contribution in [1.29, 1.82) is 0 Å². The number of aliphatic hydroxyl groups is 1. The number of hydrogen-bond acceptors (Lipinski definition) is 4. The van der Waals surface area contributed by atoms with Crippen molar-refractivity contribution >= 4 is 25.8 Å². The summed E-state index contributed by atoms with van der Waals surface area (Å²) in [5.41, 5.74) is 3.33. The third-order valence-corrected chi connectivity index (χ3v) is 5.10. The van der Waals surface area contributed by atoms with Crippen molar-refractivity contribution in [2.75, 3.05) is 5.75 Å². The summed E-state index contributed by atoms with van der Waals surface area (Å²) in [5, 5.41) is 9.40. The van der Waals surface area contributed by atoms with Crippen LogP contribution >= 0.6 is 12.6 Å². The zero-order chi connectivity index (χ0) is 16.5. The van der Waals surface area contributed by atoms with Gasteiger partial charge in [0.15, 0.2) is 0 Å². The lowest BCUT2D eigenvalue weighted by Crippen LogP contribution is -2.41. The average Bonchev–Trinajstić information content (AvgIpc) is 2.66. The molecular weight excluding hydrogens is 295 g/mol. The summed E-state index contributed by atoms with van der Waals surface area (Å²) in [7, 11) is -0.389. The molecule has 22 heavy (non-hydrogen) atoms. The van der Waals surface area contributed by atoms with Gasteiger partial charge in [-0.2, -0.15) is 12.6 Å². The number of benzene rings is 1. The first-order chi connectivity index (χ1) is 10.2. The maximum absolute atomic E-state index is 9.40. The number of hydrogen-bond donors (Lipinski definition) is 2. The number of rotatable bonds is 4. The van der Waals surface area contributed by atoms with E-state index in [9.17, 15) is 5.11 Å². The third-order valence-electron chi connectivity index (χ3n) is 4.74. The van der Waals surface area contributed by atoms with Crippen molar-refractivity contribution in [1.82, 2.24) is 0 Å². The molecule has 3 nitrogen and oxygen atoms in total. The first kappa shape index (κ1) is 17.6. The highest BCUT2D eigenvalue weighted by atomic mass is 32.1. The van der Waals surface area contributed by atoms with Crippen LogP contribution in [0.25, 0.3) is 6.08 Å². The smallest absolute Gasteiger partial charge is 0.400 e. The Morgan fingerprint density at radius 1 is 1.23 bits per heavy atom. The summed E-state index contributed by atoms with van der Waals surface area (Å²) in [6.07, 6.45) is 2.06. The molecule has 0 saturated carbocycles. The van der Waals surface area contributed by atoms with E-state index in [0.29, 0.717) is 5.75 Å². The molecule has 5 heteroatoms. The lowest BCUT2D eigenvalue weighted by atomic mass is 9.78. The molecule has 0 atom stereocenters. The quantitative estimate of drug-likeness (QED) is 0.659. The Bertz CT molecular complexity index is 565. The average molecular weight is 320 g/mol. The number of thiol groups is 1. The van der Waals surface area contributed by atoms with Gasteiger partial charge in [0.2, 0.25) is 0 Å². The van der Waals surface area contributed by atoms with Crippen LogP contribution in [0.15, 0.2) is 23.7 Å². The van der Waals surface area contributed by atoms with E-state index in [1.165, 1.54) is 0 Å². The monoisotopic (exact) mass is 320 g/mol. The molecule has 1 saturated heterocycles. The second-order valence-electron chi connectivity index (χ2n) is 6.76. The predicted octanol–water partition coefficient (Wildman–Crippen LogP) is 3.43. The van der Waals surface area contributed by atoms with Crippen molar-refractivity contribution in [2.45, 2.75) is 52.4 Å². The molecule has 0 unspecified atom stereocenters. The summed E-state index contributed by atoms with van der Waals surface area (Å²) >= 11 is 4.44. The third kappa shape index (κ3) is 3.28. The zero-order valence-electron chi connectivity index (χ0n) is 14.0. The van der Waals surface area contributed by atoms with Crippen LogP contribution in [0.1, 0.15) is 44.4 Å². The Balaban J connectivity index is 2.34. The van der Waals surface area contributed by atoms with Crippen molar-refractivity contribution in [3.8, 4) is 0 Å². The van der Waals surface area contributed by atoms with Crippen LogP contribution < -0.4 is 0 Å². The molecule has 1 fully saturated rings. The van der Waals surface area contributed by atoms with Gasteiger partial charge >= 0.3 is 7.12 Å². The van der Waals surface area contributed by atoms with E-state index < -0.39 is 0 Å². The van der Waals surface area contributed by atoms with Crippen molar-refractivity contribution < 1.29 is 14.4 Å². The van der Waals surface area contributed by atoms with E-state index in [-0.39, 0.29) is 24.9 Å². The molecule has 1 aliphatic heterocycles. The fourth-order valence-electron chi connectivity index (χ4n) is 2.41. The molecule has 1 aromatic rings. The fourth-order valence-corrected chi connectivity index (χ4v) is 2.65. The van der Waals surface area contributed by atoms with Gasteiger partial charge in [0, 0.05) is 5.75 Å². The Labute approximate surface area is 139 Å². The van der Waals surface area contributed by atoms with E-state index in [0.717, 1.165) is 22.2 Å². The normalized spacial score (nSPS) is 20.5. The van der Waals surface area contributed by atoms with Crippen molar-refractivity contribution in [3.05, 3.63) is 40.4 Å². The molecule has 1 N–H and O–H groups in total. The highest BCUT2D eigenvalue weighted by molar-refractivity contribution is 7.80. The molecular formula is C17H25BO3S. The second kappa shape index (κ2) is 6.40. The van der Waals surface area contributed by atoms with Gasteiger partial charge < -0.3 is 14.4 Å². The van der Waals surface area contributed by atoms with Gasteiger partial charge in [-0.3, -0.25) is 0 Å². The van der Waals surface area contributed by atoms with Crippen LogP contribution in [0.4, 0.5) is 0 Å². The zero-order valence-corrected chi connectivity index (χ0v) is 14.9. The largest absolute Gasteiger partial charge is 0.491 e. The Kier molecular flexibility index (Phi) is 5.12. The number of aliphatic hydroxyl groups excluding tert-OH is 1. The van der Waals surface area contributed by atoms with E-state index in [4.69, 9.17) is 9.31 Å². The van der Waals surface area contributed by atoms with Crippen molar-refractivity contribution in [2.24, 2.45) is 0 Å². The van der Waals surface area contributed by atoms with Crippen LogP contribution in [0.2, 0.25) is 0 Å². The van der Waals surface area contributed by atoms with Crippen molar-refractivity contribution in [3.63, 3.8) is 0 Å². The first-order valence-electron chi connectivity index (χ1n) is 7.58. The van der Waals surface area contributed by atoms with Gasteiger partial charge in [0.25, 0.3) is 0 Å². The summed E-state index contributed by atoms with van der Waals surface area (Å²) in [6.45, 7) is 10.2. The van der Waals surface area contributed by atoms with E-state index in [2.05, 4.69) is 18.7 Å². The molecule has 0 aromatic heterocycles. The SMILES string of the molecule is Cc1c(C=C(CS)B2OC(C)(C)C(C)(C)O2)cccc1CO. The fraction of sp³-hybridized carbons (Fsp3) is 0.529. The summed E-state index contributed by atoms with van der Waals surface area (Å²) in [4.78, 5) is 0. The van der Waals surface area contributed by atoms with Gasteiger partial charge in [0.05, 0.1) is 17.8 Å². The predicted molar refractivity (Wildman–Crippen MR) is 95.0 cm³/mol. The van der Waals surface area contributed by atoms with E-state index in [1.54, 1.807) is 0 Å². The lowest BCUT2D eigenvalue weighted by molar-refractivity contribution is 0.00578. The van der Waals surface area contributed by atoms with E-state index in [1.807, 2.05) is 52.8 Å². The molecule has 1 aromatic carbocycles. The molecule has 0 radical (unpaired) electrons. The van der Waals surface area contributed by atoms with Crippen LogP contribution in [-0.2, 0) is 15.9 Å². The molecule has 1 aliphatic rings. The summed E-state index contributed by atoms with van der Waals surface area (Å²) in [5.74, 6) is 0.555. The standard InChI is InChI=1S/C17H25BO3S/c1-12-13(7-6-8-14(12)10-19)9-15(11-22)18-20-16(2,3)17(4,5)21-18/h6-9,19,22H,10-11H2,1-5H3. The van der Waals surface area contributed by atoms with Crippen LogP contribution in [0.5, 0.6) is 0 Å². The highest BCUT2D eigenvalue weighted by Gasteiger charge is 2.52. The second-order valence-corrected chi connectivity index (χ2v) is 7.07. The lowest BCUT2D eigenvalue weighted by Gasteiger charge is -2.32. The van der Waals surface area contributed by atoms with Gasteiger partial charge in [-0.1, -0.05) is 24.3 Å². The topological polar surface area (TPSA) is 38.7 Å². The highest BCUT2D eigenvalue weighted by Crippen LogP contribution is 2.39. The molecule has 2 rings (SSSR count). The van der Waals surface area contributed by atoms with Crippen LogP contribution in [0, 0.1) is 6.92 Å². The molecule has 120 valence electrons. The van der Waals surface area contributed by atoms with Gasteiger partial charge in [-0.25, -0.2) is 0 Å². The summed E-state index contributed by atoms with van der Waals surface area (Å²) in [6, 6.07) is 5.91. The summed E-state index contributed by atoms with van der Waals surface area (Å²) < 4.78 is 12.2. The Morgan fingerprint density at radius 2 is 1.82 bits per heavy atom. The van der Waals surface area contributed by atoms with E-state index >= 15 is 0 Å². The molecule has 0 amide bonds. The van der Waals surface area contributed by atoms with Crippen LogP contribution in [-0.4, -0.2) is 29.2 Å². The molecule has 0 bridgehead atoms. The molecule has 1 heterocycles. The maximum Gasteiger partial charge on any atom is 0.491 e. The minimum Gasteiger partial charge on any atom is -0.400 e. The molecule has 0 aliphatic carbocycles. The van der Waals surface area contributed by atoms with Gasteiger partial charge in [0.1, 0.15) is 0 Å². The molecule has 0 spiro atoms. The van der Waals surface area contributed by atoms with Crippen LogP contribution in [0.3, 0.4) is 0 Å². The minimum absolute atomic E-state index is 0.0419. The maximum atomic E-state index is 9.40. The Morgan fingerprint density at radius 3 is 2.32 bits per heavy atom. The van der Waals surface area contributed by atoms with Gasteiger partial charge in [-0.05, 0) is 56.8 Å². The first-order valence-corrected chi connectivity index (χ1v) is 8.21. The van der Waals surface area contributed by atoms with Gasteiger partial charge in [-0.15, -0.1) is 0 Å². The Hall–Kier alpha value is -0.745.